The maximum Gasteiger partial charge on any atom is 0.326 e. The number of aryl methyl sites for hydroxylation is 1. The van der Waals surface area contributed by atoms with Crippen LogP contribution in [0.1, 0.15) is 35.7 Å². The zero-order valence-corrected chi connectivity index (χ0v) is 18.8. The number of hydrogen-bond donors (Lipinski definition) is 2. The minimum absolute atomic E-state index is 0.0638. The molecule has 0 saturated carbocycles. The zero-order valence-electron chi connectivity index (χ0n) is 18.8. The number of carbonyl (C=O) groups is 4. The molecule has 0 spiro atoms. The molecule has 3 amide bonds. The molecule has 0 aliphatic carbocycles. The van der Waals surface area contributed by atoms with Gasteiger partial charge in [-0.1, -0.05) is 6.07 Å². The Labute approximate surface area is 192 Å². The van der Waals surface area contributed by atoms with Gasteiger partial charge in [-0.25, -0.2) is 0 Å². The molecule has 1 fully saturated rings. The predicted molar refractivity (Wildman–Crippen MR) is 122 cm³/mol. The number of ether oxygens (including phenoxy) is 2. The standard InChI is InChI=1S/C24H27N3O6/c1-15-6-11-20(32-3)19(13-15)26-23(30)16(2)33-22(29)14-25-24(31)17-7-9-18(10-8-17)27-12-4-5-21(27)28/h6-11,13,16H,4-5,12,14H2,1-3H3,(H,25,31)(H,26,30). The SMILES string of the molecule is COc1ccc(C)cc1NC(=O)C(C)OC(=O)CNC(=O)c1ccc(N2CCCC2=O)cc1. The van der Waals surface area contributed by atoms with E-state index in [1.54, 1.807) is 41.3 Å². The number of amides is 3. The van der Waals surface area contributed by atoms with Crippen LogP contribution in [-0.2, 0) is 19.1 Å². The summed E-state index contributed by atoms with van der Waals surface area (Å²) in [4.78, 5) is 50.3. The van der Waals surface area contributed by atoms with Gasteiger partial charge in [-0.15, -0.1) is 0 Å². The molecule has 2 aromatic carbocycles. The van der Waals surface area contributed by atoms with E-state index in [9.17, 15) is 19.2 Å². The van der Waals surface area contributed by atoms with Crippen LogP contribution < -0.4 is 20.3 Å². The van der Waals surface area contributed by atoms with Crippen molar-refractivity contribution in [3.05, 3.63) is 53.6 Å². The third kappa shape index (κ3) is 6.09. The fraction of sp³-hybridized carbons (Fsp3) is 0.333. The number of nitrogens with one attached hydrogen (secondary N) is 2. The van der Waals surface area contributed by atoms with Gasteiger partial charge in [0, 0.05) is 24.2 Å². The molecule has 1 atom stereocenters. The molecule has 2 aromatic rings. The monoisotopic (exact) mass is 453 g/mol. The molecular weight excluding hydrogens is 426 g/mol. The first-order valence-corrected chi connectivity index (χ1v) is 10.6. The van der Waals surface area contributed by atoms with Crippen LogP contribution in [0.3, 0.4) is 0 Å². The summed E-state index contributed by atoms with van der Waals surface area (Å²) in [6.07, 6.45) is 0.272. The van der Waals surface area contributed by atoms with Gasteiger partial charge in [0.1, 0.15) is 12.3 Å². The number of rotatable bonds is 8. The minimum atomic E-state index is -1.07. The van der Waals surface area contributed by atoms with Crippen LogP contribution in [0.15, 0.2) is 42.5 Å². The van der Waals surface area contributed by atoms with Crippen LogP contribution in [-0.4, -0.2) is 50.0 Å². The number of nitrogens with zero attached hydrogens (tertiary/aromatic N) is 1. The minimum Gasteiger partial charge on any atom is -0.495 e. The molecule has 1 saturated heterocycles. The van der Waals surface area contributed by atoms with Crippen molar-refractivity contribution in [2.45, 2.75) is 32.8 Å². The van der Waals surface area contributed by atoms with Crippen molar-refractivity contribution in [2.75, 3.05) is 30.4 Å². The van der Waals surface area contributed by atoms with Crippen LogP contribution >= 0.6 is 0 Å². The van der Waals surface area contributed by atoms with E-state index in [4.69, 9.17) is 9.47 Å². The van der Waals surface area contributed by atoms with Crippen molar-refractivity contribution in [1.82, 2.24) is 5.32 Å². The average Bonchev–Trinajstić information content (AvgIpc) is 3.23. The van der Waals surface area contributed by atoms with Crippen LogP contribution in [0, 0.1) is 6.92 Å². The lowest BCUT2D eigenvalue weighted by atomic mass is 10.2. The van der Waals surface area contributed by atoms with E-state index in [1.807, 2.05) is 13.0 Å². The molecular formula is C24H27N3O6. The molecule has 174 valence electrons. The number of benzene rings is 2. The molecule has 0 aromatic heterocycles. The Morgan fingerprint density at radius 1 is 1.12 bits per heavy atom. The summed E-state index contributed by atoms with van der Waals surface area (Å²) < 4.78 is 10.3. The van der Waals surface area contributed by atoms with Gasteiger partial charge in [-0.2, -0.15) is 0 Å². The summed E-state index contributed by atoms with van der Waals surface area (Å²) in [5.41, 5.74) is 2.48. The maximum atomic E-state index is 12.4. The van der Waals surface area contributed by atoms with Crippen molar-refractivity contribution >= 4 is 35.1 Å². The van der Waals surface area contributed by atoms with Crippen molar-refractivity contribution in [3.8, 4) is 5.75 Å². The highest BCUT2D eigenvalue weighted by Crippen LogP contribution is 2.25. The summed E-state index contributed by atoms with van der Waals surface area (Å²) in [5.74, 6) is -1.19. The molecule has 1 heterocycles. The first-order valence-electron chi connectivity index (χ1n) is 10.6. The van der Waals surface area contributed by atoms with Crippen molar-refractivity contribution in [2.24, 2.45) is 0 Å². The molecule has 1 aliphatic rings. The molecule has 1 aliphatic heterocycles. The summed E-state index contributed by atoms with van der Waals surface area (Å²) >= 11 is 0. The molecule has 9 nitrogen and oxygen atoms in total. The Balaban J connectivity index is 1.48. The highest BCUT2D eigenvalue weighted by molar-refractivity contribution is 5.99. The maximum absolute atomic E-state index is 12.4. The van der Waals surface area contributed by atoms with Crippen LogP contribution in [0.4, 0.5) is 11.4 Å². The van der Waals surface area contributed by atoms with Crippen molar-refractivity contribution < 1.29 is 28.7 Å². The topological polar surface area (TPSA) is 114 Å². The van der Waals surface area contributed by atoms with Gasteiger partial charge in [0.05, 0.1) is 12.8 Å². The van der Waals surface area contributed by atoms with Gasteiger partial charge < -0.3 is 25.0 Å². The fourth-order valence-electron chi connectivity index (χ4n) is 3.41. The van der Waals surface area contributed by atoms with E-state index in [2.05, 4.69) is 10.6 Å². The number of methoxy groups -OCH3 is 1. The molecule has 3 rings (SSSR count). The fourth-order valence-corrected chi connectivity index (χ4v) is 3.41. The first kappa shape index (κ1) is 23.8. The third-order valence-electron chi connectivity index (χ3n) is 5.20. The molecule has 0 bridgehead atoms. The van der Waals surface area contributed by atoms with Gasteiger partial charge in [-0.05, 0) is 62.2 Å². The Hall–Kier alpha value is -3.88. The predicted octanol–water partition coefficient (Wildman–Crippen LogP) is 2.43. The highest BCUT2D eigenvalue weighted by Gasteiger charge is 2.22. The number of anilines is 2. The largest absolute Gasteiger partial charge is 0.495 e. The van der Waals surface area contributed by atoms with E-state index in [0.717, 1.165) is 17.7 Å². The normalized spacial score (nSPS) is 13.9. The second kappa shape index (κ2) is 10.6. The van der Waals surface area contributed by atoms with E-state index in [0.29, 0.717) is 30.0 Å². The average molecular weight is 453 g/mol. The third-order valence-corrected chi connectivity index (χ3v) is 5.20. The second-order valence-corrected chi connectivity index (χ2v) is 7.70. The molecule has 2 N–H and O–H groups in total. The second-order valence-electron chi connectivity index (χ2n) is 7.70. The van der Waals surface area contributed by atoms with Gasteiger partial charge in [0.25, 0.3) is 11.8 Å². The lowest BCUT2D eigenvalue weighted by molar-refractivity contribution is -0.152. The summed E-state index contributed by atoms with van der Waals surface area (Å²) in [7, 11) is 1.49. The molecule has 9 heteroatoms. The van der Waals surface area contributed by atoms with Crippen LogP contribution in [0.5, 0.6) is 5.75 Å². The van der Waals surface area contributed by atoms with E-state index < -0.39 is 30.4 Å². The van der Waals surface area contributed by atoms with Gasteiger partial charge in [-0.3, -0.25) is 19.2 Å². The summed E-state index contributed by atoms with van der Waals surface area (Å²) in [6.45, 7) is 3.59. The van der Waals surface area contributed by atoms with Crippen molar-refractivity contribution in [1.29, 1.82) is 0 Å². The summed E-state index contributed by atoms with van der Waals surface area (Å²) in [5, 5.41) is 5.14. The zero-order chi connectivity index (χ0) is 24.0. The number of carbonyl (C=O) groups excluding carboxylic acids is 4. The Morgan fingerprint density at radius 3 is 2.48 bits per heavy atom. The van der Waals surface area contributed by atoms with E-state index in [-0.39, 0.29) is 5.91 Å². The lowest BCUT2D eigenvalue weighted by Gasteiger charge is -2.16. The smallest absolute Gasteiger partial charge is 0.326 e. The Bertz CT molecular complexity index is 1050. The van der Waals surface area contributed by atoms with Gasteiger partial charge in [0.15, 0.2) is 6.10 Å². The molecule has 1 unspecified atom stereocenters. The lowest BCUT2D eigenvalue weighted by Crippen LogP contribution is -2.36. The van der Waals surface area contributed by atoms with E-state index in [1.165, 1.54) is 14.0 Å². The molecule has 33 heavy (non-hydrogen) atoms. The number of esters is 1. The Kier molecular flexibility index (Phi) is 7.66. The quantitative estimate of drug-likeness (QED) is 0.594. The first-order chi connectivity index (χ1) is 15.8. The Morgan fingerprint density at radius 2 is 1.85 bits per heavy atom. The highest BCUT2D eigenvalue weighted by atomic mass is 16.5. The van der Waals surface area contributed by atoms with E-state index >= 15 is 0 Å². The van der Waals surface area contributed by atoms with Crippen LogP contribution in [0.25, 0.3) is 0 Å². The van der Waals surface area contributed by atoms with Gasteiger partial charge >= 0.3 is 5.97 Å². The number of hydrogen-bond acceptors (Lipinski definition) is 6. The molecule has 0 radical (unpaired) electrons. The summed E-state index contributed by atoms with van der Waals surface area (Å²) in [6, 6.07) is 11.9. The van der Waals surface area contributed by atoms with Crippen LogP contribution in [0.2, 0.25) is 0 Å². The van der Waals surface area contributed by atoms with Gasteiger partial charge in [0.2, 0.25) is 5.91 Å². The van der Waals surface area contributed by atoms with Crippen molar-refractivity contribution in [3.63, 3.8) is 0 Å².